The molecule has 0 fully saturated rings. The Labute approximate surface area is 110 Å². The van der Waals surface area contributed by atoms with Gasteiger partial charge < -0.3 is 10.4 Å². The fourth-order valence-corrected chi connectivity index (χ4v) is 1.96. The number of anilines is 1. The zero-order valence-corrected chi connectivity index (χ0v) is 11.8. The molecule has 17 heavy (non-hydrogen) atoms. The van der Waals surface area contributed by atoms with Crippen molar-refractivity contribution in [2.24, 2.45) is 0 Å². The Morgan fingerprint density at radius 1 is 1.53 bits per heavy atom. The van der Waals surface area contributed by atoms with Crippen LogP contribution in [0.4, 0.5) is 5.69 Å². The van der Waals surface area contributed by atoms with Crippen molar-refractivity contribution < 1.29 is 9.90 Å². The van der Waals surface area contributed by atoms with Crippen molar-refractivity contribution in [3.8, 4) is 0 Å². The van der Waals surface area contributed by atoms with E-state index in [2.05, 4.69) is 28.2 Å². The van der Waals surface area contributed by atoms with Crippen LogP contribution < -0.4 is 5.32 Å². The molecular weight excluding hydrogens is 282 g/mol. The van der Waals surface area contributed by atoms with Gasteiger partial charge in [0.25, 0.3) is 0 Å². The van der Waals surface area contributed by atoms with Gasteiger partial charge in [0.1, 0.15) is 6.04 Å². The van der Waals surface area contributed by atoms with E-state index in [4.69, 9.17) is 5.11 Å². The van der Waals surface area contributed by atoms with Gasteiger partial charge in [-0.05, 0) is 47.0 Å². The van der Waals surface area contributed by atoms with Crippen molar-refractivity contribution in [3.05, 3.63) is 28.2 Å². The van der Waals surface area contributed by atoms with E-state index in [0.29, 0.717) is 6.42 Å². The first kappa shape index (κ1) is 14.0. The van der Waals surface area contributed by atoms with Crippen LogP contribution in [0.1, 0.15) is 31.7 Å². The first-order chi connectivity index (χ1) is 8.04. The molecule has 1 atom stereocenters. The lowest BCUT2D eigenvalue weighted by molar-refractivity contribution is -0.138. The molecule has 2 N–H and O–H groups in total. The molecular formula is C13H18BrNO2. The van der Waals surface area contributed by atoms with Crippen LogP contribution in [0.5, 0.6) is 0 Å². The summed E-state index contributed by atoms with van der Waals surface area (Å²) in [4.78, 5) is 11.1. The summed E-state index contributed by atoms with van der Waals surface area (Å²) in [5.41, 5.74) is 1.95. The Balaban J connectivity index is 2.78. The quantitative estimate of drug-likeness (QED) is 0.840. The number of benzene rings is 1. The number of aliphatic carboxylic acids is 1. The zero-order chi connectivity index (χ0) is 12.8. The summed E-state index contributed by atoms with van der Waals surface area (Å²) in [7, 11) is 0. The molecule has 0 aliphatic rings. The predicted molar refractivity (Wildman–Crippen MR) is 73.5 cm³/mol. The van der Waals surface area contributed by atoms with Crippen molar-refractivity contribution in [1.82, 2.24) is 0 Å². The predicted octanol–water partition coefficient (Wildman–Crippen LogP) is 3.81. The smallest absolute Gasteiger partial charge is 0.326 e. The van der Waals surface area contributed by atoms with Gasteiger partial charge in [-0.15, -0.1) is 0 Å². The van der Waals surface area contributed by atoms with E-state index in [9.17, 15) is 4.79 Å². The Kier molecular flexibility index (Phi) is 5.48. The van der Waals surface area contributed by atoms with Gasteiger partial charge in [-0.25, -0.2) is 4.79 Å². The maximum Gasteiger partial charge on any atom is 0.326 e. The molecule has 0 amide bonds. The molecule has 3 nitrogen and oxygen atoms in total. The minimum Gasteiger partial charge on any atom is -0.480 e. The second-order valence-corrected chi connectivity index (χ2v) is 5.02. The topological polar surface area (TPSA) is 49.3 Å². The summed E-state index contributed by atoms with van der Waals surface area (Å²) >= 11 is 3.42. The summed E-state index contributed by atoms with van der Waals surface area (Å²) in [5, 5.41) is 12.2. The molecule has 1 aromatic carbocycles. The van der Waals surface area contributed by atoms with Crippen LogP contribution in [0.2, 0.25) is 0 Å². The monoisotopic (exact) mass is 299 g/mol. The normalized spacial score (nSPS) is 12.2. The maximum absolute atomic E-state index is 11.1. The van der Waals surface area contributed by atoms with Crippen LogP contribution in [0.15, 0.2) is 22.7 Å². The van der Waals surface area contributed by atoms with Crippen LogP contribution in [-0.2, 0) is 4.79 Å². The van der Waals surface area contributed by atoms with Gasteiger partial charge >= 0.3 is 5.97 Å². The minimum absolute atomic E-state index is 0.520. The van der Waals surface area contributed by atoms with Crippen LogP contribution in [0.25, 0.3) is 0 Å². The molecule has 1 unspecified atom stereocenters. The molecule has 1 rings (SSSR count). The number of halogens is 1. The van der Waals surface area contributed by atoms with Gasteiger partial charge in [0.2, 0.25) is 0 Å². The Morgan fingerprint density at radius 2 is 2.24 bits per heavy atom. The highest BCUT2D eigenvalue weighted by atomic mass is 79.9. The molecule has 0 saturated heterocycles. The molecule has 0 saturated carbocycles. The lowest BCUT2D eigenvalue weighted by atomic mass is 10.1. The van der Waals surface area contributed by atoms with Gasteiger partial charge in [-0.2, -0.15) is 0 Å². The molecule has 0 aromatic heterocycles. The summed E-state index contributed by atoms with van der Waals surface area (Å²) in [6.45, 7) is 4.04. The Hall–Kier alpha value is -1.03. The minimum atomic E-state index is -0.799. The molecule has 0 heterocycles. The van der Waals surface area contributed by atoms with Crippen molar-refractivity contribution >= 4 is 27.6 Å². The van der Waals surface area contributed by atoms with E-state index in [1.807, 2.05) is 25.1 Å². The molecule has 0 bridgehead atoms. The number of rotatable bonds is 6. The molecule has 0 spiro atoms. The fourth-order valence-electron chi connectivity index (χ4n) is 1.60. The van der Waals surface area contributed by atoms with Gasteiger partial charge in [-0.1, -0.05) is 25.8 Å². The number of hydrogen-bond acceptors (Lipinski definition) is 2. The number of hydrogen-bond donors (Lipinski definition) is 2. The van der Waals surface area contributed by atoms with E-state index in [-0.39, 0.29) is 0 Å². The SMILES string of the molecule is CCCCC(Nc1cc(C)ccc1Br)C(=O)O. The van der Waals surface area contributed by atoms with Gasteiger partial charge in [0, 0.05) is 10.2 Å². The second-order valence-electron chi connectivity index (χ2n) is 4.16. The third kappa shape index (κ3) is 4.38. The largest absolute Gasteiger partial charge is 0.480 e. The zero-order valence-electron chi connectivity index (χ0n) is 10.2. The standard InChI is InChI=1S/C13H18BrNO2/c1-3-4-5-11(13(16)17)15-12-8-9(2)6-7-10(12)14/h6-8,11,15H,3-5H2,1-2H3,(H,16,17). The van der Waals surface area contributed by atoms with E-state index in [1.165, 1.54) is 0 Å². The highest BCUT2D eigenvalue weighted by Gasteiger charge is 2.17. The number of carbonyl (C=O) groups is 1. The molecule has 0 radical (unpaired) electrons. The highest BCUT2D eigenvalue weighted by molar-refractivity contribution is 9.10. The molecule has 0 aliphatic heterocycles. The van der Waals surface area contributed by atoms with Gasteiger partial charge in [0.15, 0.2) is 0 Å². The number of aryl methyl sites for hydroxylation is 1. The van der Waals surface area contributed by atoms with E-state index in [0.717, 1.165) is 28.6 Å². The fraction of sp³-hybridized carbons (Fsp3) is 0.462. The average Bonchev–Trinajstić information content (AvgIpc) is 2.28. The highest BCUT2D eigenvalue weighted by Crippen LogP contribution is 2.24. The van der Waals surface area contributed by atoms with Crippen LogP contribution in [0, 0.1) is 6.92 Å². The van der Waals surface area contributed by atoms with Gasteiger partial charge in [0.05, 0.1) is 0 Å². The summed E-state index contributed by atoms with van der Waals surface area (Å²) in [6, 6.07) is 5.34. The third-order valence-electron chi connectivity index (χ3n) is 2.60. The summed E-state index contributed by atoms with van der Waals surface area (Å²) in [6.07, 6.45) is 2.56. The Morgan fingerprint density at radius 3 is 2.82 bits per heavy atom. The first-order valence-electron chi connectivity index (χ1n) is 5.80. The summed E-state index contributed by atoms with van der Waals surface area (Å²) < 4.78 is 0.894. The lowest BCUT2D eigenvalue weighted by Crippen LogP contribution is -2.29. The number of carboxylic acid groups (broad SMARTS) is 1. The van der Waals surface area contributed by atoms with Crippen molar-refractivity contribution in [1.29, 1.82) is 0 Å². The van der Waals surface area contributed by atoms with Gasteiger partial charge in [-0.3, -0.25) is 0 Å². The molecule has 0 aliphatic carbocycles. The number of nitrogens with one attached hydrogen (secondary N) is 1. The average molecular weight is 300 g/mol. The summed E-state index contributed by atoms with van der Waals surface area (Å²) in [5.74, 6) is -0.799. The number of unbranched alkanes of at least 4 members (excludes halogenated alkanes) is 1. The van der Waals surface area contributed by atoms with Crippen molar-refractivity contribution in [2.45, 2.75) is 39.2 Å². The van der Waals surface area contributed by atoms with E-state index in [1.54, 1.807) is 0 Å². The second kappa shape index (κ2) is 6.64. The molecule has 1 aromatic rings. The van der Waals surface area contributed by atoms with Crippen LogP contribution >= 0.6 is 15.9 Å². The van der Waals surface area contributed by atoms with Crippen molar-refractivity contribution in [2.75, 3.05) is 5.32 Å². The third-order valence-corrected chi connectivity index (χ3v) is 3.29. The van der Waals surface area contributed by atoms with E-state index < -0.39 is 12.0 Å². The van der Waals surface area contributed by atoms with Crippen molar-refractivity contribution in [3.63, 3.8) is 0 Å². The molecule has 4 heteroatoms. The van der Waals surface area contributed by atoms with Crippen LogP contribution in [0.3, 0.4) is 0 Å². The van der Waals surface area contributed by atoms with E-state index >= 15 is 0 Å². The van der Waals surface area contributed by atoms with Crippen LogP contribution in [-0.4, -0.2) is 17.1 Å². The lowest BCUT2D eigenvalue weighted by Gasteiger charge is -2.17. The number of carboxylic acids is 1. The maximum atomic E-state index is 11.1. The Bertz CT molecular complexity index is 393. The first-order valence-corrected chi connectivity index (χ1v) is 6.59. The molecule has 94 valence electrons.